The van der Waals surface area contributed by atoms with E-state index in [1.54, 1.807) is 23.4 Å². The van der Waals surface area contributed by atoms with Gasteiger partial charge in [0.05, 0.1) is 0 Å². The highest BCUT2D eigenvalue weighted by Gasteiger charge is 2.14. The van der Waals surface area contributed by atoms with Crippen LogP contribution >= 0.6 is 35.0 Å². The van der Waals surface area contributed by atoms with Crippen LogP contribution in [0.2, 0.25) is 10.3 Å². The summed E-state index contributed by atoms with van der Waals surface area (Å²) >= 11 is 13.7. The first-order valence-corrected chi connectivity index (χ1v) is 8.01. The molecule has 0 N–H and O–H groups in total. The maximum atomic E-state index is 6.11. The molecule has 1 heterocycles. The van der Waals surface area contributed by atoms with Gasteiger partial charge in [0.1, 0.15) is 6.73 Å². The molecule has 0 bridgehead atoms. The molecule has 1 aromatic carbocycles. The van der Waals surface area contributed by atoms with Crippen molar-refractivity contribution in [3.05, 3.63) is 45.7 Å². The number of nitrogens with zero attached hydrogens (tertiary/aromatic N) is 2. The average molecular weight is 331 g/mol. The quantitative estimate of drug-likeness (QED) is 0.721. The number of ether oxygens (including phenoxy) is 1. The van der Waals surface area contributed by atoms with Crippen molar-refractivity contribution < 1.29 is 4.74 Å². The topological polar surface area (TPSA) is 27.1 Å². The highest BCUT2D eigenvalue weighted by Crippen LogP contribution is 2.31. The molecule has 0 saturated carbocycles. The second-order valence-electron chi connectivity index (χ2n) is 4.23. The van der Waals surface area contributed by atoms with Gasteiger partial charge >= 0.3 is 0 Å². The fourth-order valence-electron chi connectivity index (χ4n) is 1.92. The first kappa shape index (κ1) is 15.7. The molecule has 2 aromatic rings. The van der Waals surface area contributed by atoms with Crippen molar-refractivity contribution in [3.8, 4) is 0 Å². The molecule has 2 rings (SSSR count). The van der Waals surface area contributed by atoms with Crippen molar-refractivity contribution in [2.45, 2.75) is 31.0 Å². The summed E-state index contributed by atoms with van der Waals surface area (Å²) in [6.07, 6.45) is 1.02. The number of rotatable bonds is 6. The zero-order valence-electron chi connectivity index (χ0n) is 11.4. The zero-order chi connectivity index (χ0) is 14.5. The third-order valence-electron chi connectivity index (χ3n) is 2.95. The van der Waals surface area contributed by atoms with Crippen LogP contribution in [0.25, 0.3) is 0 Å². The summed E-state index contributed by atoms with van der Waals surface area (Å²) in [5, 5.41) is 1.50. The van der Waals surface area contributed by atoms with Crippen LogP contribution in [0.4, 0.5) is 0 Å². The number of halogens is 2. The molecule has 0 unspecified atom stereocenters. The minimum atomic E-state index is 0.315. The van der Waals surface area contributed by atoms with Crippen LogP contribution in [0.3, 0.4) is 0 Å². The van der Waals surface area contributed by atoms with Gasteiger partial charge in [0, 0.05) is 12.9 Å². The van der Waals surface area contributed by atoms with Crippen LogP contribution in [-0.4, -0.2) is 16.7 Å². The molecule has 3 nitrogen and oxygen atoms in total. The van der Waals surface area contributed by atoms with Gasteiger partial charge in [0.25, 0.3) is 0 Å². The van der Waals surface area contributed by atoms with Gasteiger partial charge in [0.2, 0.25) is 0 Å². The maximum Gasteiger partial charge on any atom is 0.172 e. The maximum absolute atomic E-state index is 6.11. The van der Waals surface area contributed by atoms with E-state index in [0.717, 1.165) is 17.3 Å². The summed E-state index contributed by atoms with van der Waals surface area (Å²) in [6.45, 7) is 2.50. The molecule has 0 aliphatic heterocycles. The molecule has 0 saturated heterocycles. The molecule has 1 aromatic heterocycles. The van der Waals surface area contributed by atoms with Gasteiger partial charge in [0.15, 0.2) is 15.5 Å². The Bertz CT molecular complexity index is 587. The lowest BCUT2D eigenvalue weighted by molar-refractivity contribution is 0.124. The Labute approximate surface area is 133 Å². The molecule has 0 aliphatic carbocycles. The van der Waals surface area contributed by atoms with E-state index in [1.165, 1.54) is 11.1 Å². The van der Waals surface area contributed by atoms with E-state index in [0.29, 0.717) is 17.0 Å². The number of hydrogen-bond donors (Lipinski definition) is 0. The fraction of sp³-hybridized carbons (Fsp3) is 0.357. The second kappa shape index (κ2) is 7.36. The van der Waals surface area contributed by atoms with Crippen LogP contribution in [-0.2, 0) is 23.6 Å². The van der Waals surface area contributed by atoms with Crippen molar-refractivity contribution in [2.75, 3.05) is 7.11 Å². The summed E-state index contributed by atoms with van der Waals surface area (Å²) in [4.78, 5) is 4.28. The van der Waals surface area contributed by atoms with Crippen molar-refractivity contribution in [1.82, 2.24) is 9.55 Å². The van der Waals surface area contributed by atoms with Gasteiger partial charge in [-0.15, -0.1) is 0 Å². The molecule has 0 fully saturated rings. The van der Waals surface area contributed by atoms with Gasteiger partial charge in [-0.25, -0.2) is 4.98 Å². The normalized spacial score (nSPS) is 11.0. The Kier molecular flexibility index (Phi) is 5.78. The number of aryl methyl sites for hydroxylation is 1. The zero-order valence-corrected chi connectivity index (χ0v) is 13.7. The van der Waals surface area contributed by atoms with E-state index in [9.17, 15) is 0 Å². The highest BCUT2D eigenvalue weighted by atomic mass is 35.5. The Balaban J connectivity index is 2.16. The third-order valence-corrected chi connectivity index (χ3v) is 4.71. The van der Waals surface area contributed by atoms with E-state index in [4.69, 9.17) is 27.9 Å². The fourth-order valence-corrected chi connectivity index (χ4v) is 3.40. The predicted molar refractivity (Wildman–Crippen MR) is 84.6 cm³/mol. The van der Waals surface area contributed by atoms with Crippen LogP contribution in [0.1, 0.15) is 18.1 Å². The van der Waals surface area contributed by atoms with Crippen LogP contribution in [0.15, 0.2) is 29.4 Å². The minimum absolute atomic E-state index is 0.315. The van der Waals surface area contributed by atoms with Gasteiger partial charge in [-0.2, -0.15) is 0 Å². The van der Waals surface area contributed by atoms with Crippen molar-refractivity contribution in [2.24, 2.45) is 0 Å². The van der Waals surface area contributed by atoms with Gasteiger partial charge in [-0.05, 0) is 17.5 Å². The first-order chi connectivity index (χ1) is 9.67. The molecule has 0 amide bonds. The van der Waals surface area contributed by atoms with E-state index >= 15 is 0 Å². The Morgan fingerprint density at radius 3 is 2.60 bits per heavy atom. The molecule has 6 heteroatoms. The largest absolute Gasteiger partial charge is 0.364 e. The monoisotopic (exact) mass is 330 g/mol. The number of aromatic nitrogens is 2. The molecule has 0 atom stereocenters. The number of hydrogen-bond acceptors (Lipinski definition) is 3. The molecular weight excluding hydrogens is 315 g/mol. The molecule has 0 radical (unpaired) electrons. The Hall–Kier alpha value is -0.680. The van der Waals surface area contributed by atoms with E-state index < -0.39 is 0 Å². The number of thioether (sulfide) groups is 1. The van der Waals surface area contributed by atoms with Gasteiger partial charge in [-0.1, -0.05) is 66.2 Å². The van der Waals surface area contributed by atoms with Crippen molar-refractivity contribution >= 4 is 35.0 Å². The van der Waals surface area contributed by atoms with Crippen LogP contribution in [0.5, 0.6) is 0 Å². The lowest BCUT2D eigenvalue weighted by atomic mass is 10.1. The molecule has 108 valence electrons. The van der Waals surface area contributed by atoms with E-state index in [1.807, 2.05) is 0 Å². The molecule has 0 aliphatic rings. The van der Waals surface area contributed by atoms with E-state index in [-0.39, 0.29) is 0 Å². The Morgan fingerprint density at radius 1 is 1.25 bits per heavy atom. The summed E-state index contributed by atoms with van der Waals surface area (Å²) in [5.74, 6) is 0.831. The number of methoxy groups -OCH3 is 1. The summed E-state index contributed by atoms with van der Waals surface area (Å²) in [5.41, 5.74) is 2.65. The number of benzene rings is 1. The molecule has 0 spiro atoms. The van der Waals surface area contributed by atoms with Gasteiger partial charge < -0.3 is 4.74 Å². The summed E-state index contributed by atoms with van der Waals surface area (Å²) in [7, 11) is 1.62. The molecular formula is C14H16Cl2N2OS. The lowest BCUT2D eigenvalue weighted by Crippen LogP contribution is -2.02. The lowest BCUT2D eigenvalue weighted by Gasteiger charge is -2.09. The minimum Gasteiger partial charge on any atom is -0.364 e. The summed E-state index contributed by atoms with van der Waals surface area (Å²) < 4.78 is 6.89. The predicted octanol–water partition coefficient (Wildman–Crippen LogP) is 4.65. The number of imidazole rings is 1. The average Bonchev–Trinajstić information content (AvgIpc) is 2.73. The molecule has 20 heavy (non-hydrogen) atoms. The van der Waals surface area contributed by atoms with E-state index in [2.05, 4.69) is 36.2 Å². The standard InChI is InChI=1S/C14H16Cl2N2OS/c1-3-10-6-4-5-7-11(10)8-20-14-17-12(15)13(16)18(14)9-19-2/h4-7H,3,8-9H2,1-2H3. The summed E-state index contributed by atoms with van der Waals surface area (Å²) in [6, 6.07) is 8.40. The van der Waals surface area contributed by atoms with Crippen molar-refractivity contribution in [3.63, 3.8) is 0 Å². The Morgan fingerprint density at radius 2 is 1.95 bits per heavy atom. The van der Waals surface area contributed by atoms with Gasteiger partial charge in [-0.3, -0.25) is 4.57 Å². The van der Waals surface area contributed by atoms with Crippen molar-refractivity contribution in [1.29, 1.82) is 0 Å². The SMILES string of the molecule is CCc1ccccc1CSc1nc(Cl)c(Cl)n1COC. The smallest absolute Gasteiger partial charge is 0.172 e. The first-order valence-electron chi connectivity index (χ1n) is 6.27. The van der Waals surface area contributed by atoms with Crippen LogP contribution in [0, 0.1) is 0 Å². The van der Waals surface area contributed by atoms with Crippen LogP contribution < -0.4 is 0 Å². The second-order valence-corrected chi connectivity index (χ2v) is 5.89. The highest BCUT2D eigenvalue weighted by molar-refractivity contribution is 7.98. The third kappa shape index (κ3) is 3.50.